The maximum Gasteiger partial charge on any atom is 0.132 e. The third-order valence-corrected chi connectivity index (χ3v) is 3.66. The molecule has 0 bridgehead atoms. The smallest absolute Gasteiger partial charge is 0.132 e. The van der Waals surface area contributed by atoms with Gasteiger partial charge >= 0.3 is 0 Å². The Morgan fingerprint density at radius 3 is 2.60 bits per heavy atom. The summed E-state index contributed by atoms with van der Waals surface area (Å²) >= 11 is 6.05. The zero-order valence-electron chi connectivity index (χ0n) is 12.1. The zero-order chi connectivity index (χ0) is 14.5. The van der Waals surface area contributed by atoms with Gasteiger partial charge in [-0.3, -0.25) is 0 Å². The predicted molar refractivity (Wildman–Crippen MR) is 84.8 cm³/mol. The minimum atomic E-state index is 0.283. The van der Waals surface area contributed by atoms with Crippen LogP contribution in [0.2, 0.25) is 5.02 Å². The van der Waals surface area contributed by atoms with Crippen molar-refractivity contribution in [3.8, 4) is 11.5 Å². The number of aryl methyl sites for hydroxylation is 1. The largest absolute Gasteiger partial charge is 0.457 e. The van der Waals surface area contributed by atoms with Crippen molar-refractivity contribution >= 4 is 11.6 Å². The van der Waals surface area contributed by atoms with Gasteiger partial charge in [0.05, 0.1) is 0 Å². The molecule has 0 amide bonds. The van der Waals surface area contributed by atoms with Crippen LogP contribution in [-0.2, 0) is 0 Å². The summed E-state index contributed by atoms with van der Waals surface area (Å²) in [5.74, 6) is 1.68. The molecule has 0 aliphatic heterocycles. The minimum Gasteiger partial charge on any atom is -0.457 e. The van der Waals surface area contributed by atoms with E-state index in [-0.39, 0.29) is 6.04 Å². The molecule has 0 fully saturated rings. The van der Waals surface area contributed by atoms with Crippen LogP contribution in [0.3, 0.4) is 0 Å². The van der Waals surface area contributed by atoms with Crippen molar-refractivity contribution in [3.63, 3.8) is 0 Å². The third-order valence-electron chi connectivity index (χ3n) is 3.42. The summed E-state index contributed by atoms with van der Waals surface area (Å²) in [5, 5.41) is 4.00. The van der Waals surface area contributed by atoms with Crippen molar-refractivity contribution in [3.05, 3.63) is 58.6 Å². The molecule has 2 aromatic carbocycles. The summed E-state index contributed by atoms with van der Waals surface area (Å²) in [6.45, 7) is 4.17. The van der Waals surface area contributed by atoms with Crippen molar-refractivity contribution < 1.29 is 4.74 Å². The summed E-state index contributed by atoms with van der Waals surface area (Å²) in [5.41, 5.74) is 2.23. The van der Waals surface area contributed by atoms with Crippen LogP contribution in [-0.4, -0.2) is 7.05 Å². The van der Waals surface area contributed by atoms with E-state index >= 15 is 0 Å². The summed E-state index contributed by atoms with van der Waals surface area (Å²) in [6, 6.07) is 14.1. The van der Waals surface area contributed by atoms with Crippen LogP contribution in [0.1, 0.15) is 30.5 Å². The molecule has 0 radical (unpaired) electrons. The first-order chi connectivity index (χ1) is 9.65. The number of benzene rings is 2. The highest BCUT2D eigenvalue weighted by Crippen LogP contribution is 2.33. The van der Waals surface area contributed by atoms with Crippen molar-refractivity contribution in [2.24, 2.45) is 0 Å². The monoisotopic (exact) mass is 289 g/mol. The Hall–Kier alpha value is -1.51. The maximum atomic E-state index is 6.08. The molecule has 2 rings (SSSR count). The lowest BCUT2D eigenvalue weighted by molar-refractivity contribution is 0.456. The van der Waals surface area contributed by atoms with E-state index in [1.807, 2.05) is 50.4 Å². The molecule has 2 nitrogen and oxygen atoms in total. The molecule has 0 aromatic heterocycles. The SMILES string of the molecule is CCC(NC)c1ccccc1Oc1cc(Cl)ccc1C. The molecule has 1 N–H and O–H groups in total. The van der Waals surface area contributed by atoms with Gasteiger partial charge in [0.2, 0.25) is 0 Å². The Morgan fingerprint density at radius 1 is 1.15 bits per heavy atom. The number of nitrogens with one attached hydrogen (secondary N) is 1. The van der Waals surface area contributed by atoms with Gasteiger partial charge in [0.15, 0.2) is 0 Å². The molecule has 3 heteroatoms. The van der Waals surface area contributed by atoms with E-state index in [4.69, 9.17) is 16.3 Å². The molecular weight excluding hydrogens is 270 g/mol. The van der Waals surface area contributed by atoms with E-state index in [1.165, 1.54) is 0 Å². The number of halogens is 1. The van der Waals surface area contributed by atoms with Crippen molar-refractivity contribution in [1.82, 2.24) is 5.32 Å². The lowest BCUT2D eigenvalue weighted by Gasteiger charge is -2.19. The molecule has 0 saturated carbocycles. The maximum absolute atomic E-state index is 6.08. The molecular formula is C17H20ClNO. The molecule has 0 aliphatic carbocycles. The molecule has 0 saturated heterocycles. The first kappa shape index (κ1) is 14.9. The van der Waals surface area contributed by atoms with Crippen molar-refractivity contribution in [2.45, 2.75) is 26.3 Å². The lowest BCUT2D eigenvalue weighted by atomic mass is 10.0. The molecule has 106 valence electrons. The Kier molecular flexibility index (Phi) is 5.05. The first-order valence-electron chi connectivity index (χ1n) is 6.86. The average Bonchev–Trinajstić information content (AvgIpc) is 2.46. The number of hydrogen-bond acceptors (Lipinski definition) is 2. The minimum absolute atomic E-state index is 0.283. The second-order valence-corrected chi connectivity index (χ2v) is 5.24. The molecule has 20 heavy (non-hydrogen) atoms. The number of ether oxygens (including phenoxy) is 1. The van der Waals surface area contributed by atoms with Crippen LogP contribution in [0, 0.1) is 6.92 Å². The van der Waals surface area contributed by atoms with Gasteiger partial charge in [-0.05, 0) is 44.2 Å². The highest BCUT2D eigenvalue weighted by Gasteiger charge is 2.13. The Labute approximate surface area is 125 Å². The second kappa shape index (κ2) is 6.78. The molecule has 2 aromatic rings. The van der Waals surface area contributed by atoms with E-state index in [0.717, 1.165) is 29.0 Å². The van der Waals surface area contributed by atoms with Crippen LogP contribution in [0.4, 0.5) is 0 Å². The summed E-state index contributed by atoms with van der Waals surface area (Å²) in [6.07, 6.45) is 1.01. The van der Waals surface area contributed by atoms with Gasteiger partial charge in [-0.15, -0.1) is 0 Å². The van der Waals surface area contributed by atoms with E-state index in [9.17, 15) is 0 Å². The third kappa shape index (κ3) is 3.33. The van der Waals surface area contributed by atoms with Crippen molar-refractivity contribution in [1.29, 1.82) is 0 Å². The highest BCUT2D eigenvalue weighted by molar-refractivity contribution is 6.30. The highest BCUT2D eigenvalue weighted by atomic mass is 35.5. The van der Waals surface area contributed by atoms with Gasteiger partial charge in [0.25, 0.3) is 0 Å². The predicted octanol–water partition coefficient (Wildman–Crippen LogP) is 5.11. The van der Waals surface area contributed by atoms with Crippen molar-refractivity contribution in [2.75, 3.05) is 7.05 Å². The van der Waals surface area contributed by atoms with Crippen LogP contribution >= 0.6 is 11.6 Å². The summed E-state index contributed by atoms with van der Waals surface area (Å²) in [4.78, 5) is 0. The topological polar surface area (TPSA) is 21.3 Å². The Morgan fingerprint density at radius 2 is 1.90 bits per heavy atom. The number of para-hydroxylation sites is 1. The van der Waals surface area contributed by atoms with Gasteiger partial charge in [-0.25, -0.2) is 0 Å². The van der Waals surface area contributed by atoms with Crippen LogP contribution in [0.15, 0.2) is 42.5 Å². The van der Waals surface area contributed by atoms with Crippen LogP contribution in [0.5, 0.6) is 11.5 Å². The first-order valence-corrected chi connectivity index (χ1v) is 7.23. The number of rotatable bonds is 5. The normalized spacial score (nSPS) is 12.2. The van der Waals surface area contributed by atoms with Gasteiger partial charge in [0.1, 0.15) is 11.5 Å². The quantitative estimate of drug-likeness (QED) is 0.826. The number of hydrogen-bond donors (Lipinski definition) is 1. The molecule has 0 aliphatic rings. The summed E-state index contributed by atoms with van der Waals surface area (Å²) in [7, 11) is 1.97. The average molecular weight is 290 g/mol. The molecule has 1 atom stereocenters. The molecule has 0 heterocycles. The fourth-order valence-corrected chi connectivity index (χ4v) is 2.41. The standard InChI is InChI=1S/C17H20ClNO/c1-4-15(19-3)14-7-5-6-8-16(14)20-17-11-13(18)10-9-12(17)2/h5-11,15,19H,4H2,1-3H3. The van der Waals surface area contributed by atoms with E-state index < -0.39 is 0 Å². The van der Waals surface area contributed by atoms with Gasteiger partial charge < -0.3 is 10.1 Å². The molecule has 1 unspecified atom stereocenters. The van der Waals surface area contributed by atoms with Gasteiger partial charge in [-0.1, -0.05) is 42.8 Å². The molecule has 0 spiro atoms. The second-order valence-electron chi connectivity index (χ2n) is 4.80. The van der Waals surface area contributed by atoms with Crippen LogP contribution < -0.4 is 10.1 Å². The van der Waals surface area contributed by atoms with E-state index in [1.54, 1.807) is 0 Å². The Bertz CT molecular complexity index is 579. The van der Waals surface area contributed by atoms with E-state index in [2.05, 4.69) is 18.3 Å². The fourth-order valence-electron chi connectivity index (χ4n) is 2.24. The van der Waals surface area contributed by atoms with Crippen LogP contribution in [0.25, 0.3) is 0 Å². The van der Waals surface area contributed by atoms with Gasteiger partial charge in [-0.2, -0.15) is 0 Å². The van der Waals surface area contributed by atoms with Gasteiger partial charge in [0, 0.05) is 16.6 Å². The Balaban J connectivity index is 2.36. The zero-order valence-corrected chi connectivity index (χ0v) is 12.9. The fraction of sp³-hybridized carbons (Fsp3) is 0.294. The lowest BCUT2D eigenvalue weighted by Crippen LogP contribution is -2.15. The summed E-state index contributed by atoms with van der Waals surface area (Å²) < 4.78 is 6.08. The van der Waals surface area contributed by atoms with E-state index in [0.29, 0.717) is 5.02 Å².